The van der Waals surface area contributed by atoms with Crippen LogP contribution in [0.1, 0.15) is 25.5 Å². The third-order valence-corrected chi connectivity index (χ3v) is 3.48. The van der Waals surface area contributed by atoms with Gasteiger partial charge in [0.15, 0.2) is 0 Å². The standard InChI is InChI=1S/C14H19NO3/c1-3-18-13-7-5-4-6-12(13)10(2)15-8-11(9-15)14(16)17/h4-7,10-11H,3,8-9H2,1-2H3,(H,16,17). The molecular formula is C14H19NO3. The van der Waals surface area contributed by atoms with Crippen LogP contribution in [0.25, 0.3) is 0 Å². The SMILES string of the molecule is CCOc1ccccc1C(C)N1CC(C(=O)O)C1. The fourth-order valence-electron chi connectivity index (χ4n) is 2.29. The molecule has 1 saturated heterocycles. The molecular weight excluding hydrogens is 230 g/mol. The zero-order valence-corrected chi connectivity index (χ0v) is 10.8. The predicted octanol–water partition coefficient (Wildman–Crippen LogP) is 2.16. The number of carbonyl (C=O) groups is 1. The Morgan fingerprint density at radius 1 is 1.50 bits per heavy atom. The smallest absolute Gasteiger partial charge is 0.309 e. The average molecular weight is 249 g/mol. The van der Waals surface area contributed by atoms with Gasteiger partial charge in [-0.1, -0.05) is 18.2 Å². The van der Waals surface area contributed by atoms with Crippen molar-refractivity contribution in [2.75, 3.05) is 19.7 Å². The summed E-state index contributed by atoms with van der Waals surface area (Å²) in [6.07, 6.45) is 0. The maximum Gasteiger partial charge on any atom is 0.309 e. The molecule has 0 spiro atoms. The lowest BCUT2D eigenvalue weighted by Crippen LogP contribution is -2.51. The monoisotopic (exact) mass is 249 g/mol. The Balaban J connectivity index is 2.06. The van der Waals surface area contributed by atoms with E-state index in [-0.39, 0.29) is 12.0 Å². The molecule has 1 aromatic rings. The number of hydrogen-bond acceptors (Lipinski definition) is 3. The number of likely N-dealkylation sites (tertiary alicyclic amines) is 1. The molecule has 1 aliphatic heterocycles. The summed E-state index contributed by atoms with van der Waals surface area (Å²) in [5, 5.41) is 8.89. The molecule has 18 heavy (non-hydrogen) atoms. The van der Waals surface area contributed by atoms with Crippen molar-refractivity contribution in [1.82, 2.24) is 4.90 Å². The number of rotatable bonds is 5. The van der Waals surface area contributed by atoms with Gasteiger partial charge in [-0.25, -0.2) is 0 Å². The van der Waals surface area contributed by atoms with Crippen molar-refractivity contribution < 1.29 is 14.6 Å². The maximum atomic E-state index is 10.8. The highest BCUT2D eigenvalue weighted by molar-refractivity contribution is 5.71. The molecule has 0 aliphatic carbocycles. The number of carboxylic acids is 1. The first-order valence-corrected chi connectivity index (χ1v) is 6.32. The summed E-state index contributed by atoms with van der Waals surface area (Å²) < 4.78 is 5.61. The van der Waals surface area contributed by atoms with Crippen molar-refractivity contribution in [2.45, 2.75) is 19.9 Å². The summed E-state index contributed by atoms with van der Waals surface area (Å²) in [5.41, 5.74) is 1.13. The number of nitrogens with zero attached hydrogens (tertiary/aromatic N) is 1. The molecule has 1 N–H and O–H groups in total. The van der Waals surface area contributed by atoms with Gasteiger partial charge in [0.25, 0.3) is 0 Å². The minimum atomic E-state index is -0.698. The zero-order chi connectivity index (χ0) is 13.1. The van der Waals surface area contributed by atoms with E-state index in [1.807, 2.05) is 31.2 Å². The van der Waals surface area contributed by atoms with E-state index in [0.29, 0.717) is 19.7 Å². The number of hydrogen-bond donors (Lipinski definition) is 1. The normalized spacial score (nSPS) is 18.1. The van der Waals surface area contributed by atoms with Crippen LogP contribution in [0.4, 0.5) is 0 Å². The van der Waals surface area contributed by atoms with Gasteiger partial charge in [-0.05, 0) is 19.9 Å². The van der Waals surface area contributed by atoms with Crippen LogP contribution in [-0.2, 0) is 4.79 Å². The number of para-hydroxylation sites is 1. The number of ether oxygens (including phenoxy) is 1. The fraction of sp³-hybridized carbons (Fsp3) is 0.500. The third kappa shape index (κ3) is 2.48. The molecule has 0 aromatic heterocycles. The van der Waals surface area contributed by atoms with Gasteiger partial charge >= 0.3 is 5.97 Å². The minimum absolute atomic E-state index is 0.198. The predicted molar refractivity (Wildman–Crippen MR) is 68.7 cm³/mol. The Kier molecular flexibility index (Phi) is 3.87. The number of carboxylic acid groups (broad SMARTS) is 1. The molecule has 0 bridgehead atoms. The molecule has 4 nitrogen and oxygen atoms in total. The van der Waals surface area contributed by atoms with Gasteiger partial charge in [0.2, 0.25) is 0 Å². The molecule has 98 valence electrons. The van der Waals surface area contributed by atoms with Crippen LogP contribution in [0.5, 0.6) is 5.75 Å². The van der Waals surface area contributed by atoms with Crippen molar-refractivity contribution in [1.29, 1.82) is 0 Å². The van der Waals surface area contributed by atoms with Crippen LogP contribution in [0, 0.1) is 5.92 Å². The first-order chi connectivity index (χ1) is 8.63. The first-order valence-electron chi connectivity index (χ1n) is 6.32. The summed E-state index contributed by atoms with van der Waals surface area (Å²) in [7, 11) is 0. The Morgan fingerprint density at radius 3 is 2.78 bits per heavy atom. The summed E-state index contributed by atoms with van der Waals surface area (Å²) in [6, 6.07) is 8.15. The lowest BCUT2D eigenvalue weighted by atomic mass is 9.95. The molecule has 4 heteroatoms. The quantitative estimate of drug-likeness (QED) is 0.868. The zero-order valence-electron chi connectivity index (χ0n) is 10.8. The molecule has 1 atom stereocenters. The van der Waals surface area contributed by atoms with Gasteiger partial charge in [0.05, 0.1) is 12.5 Å². The van der Waals surface area contributed by atoms with E-state index in [9.17, 15) is 4.79 Å². The van der Waals surface area contributed by atoms with Gasteiger partial charge in [-0.2, -0.15) is 0 Å². The number of aliphatic carboxylic acids is 1. The minimum Gasteiger partial charge on any atom is -0.494 e. The van der Waals surface area contributed by atoms with Crippen LogP contribution in [0.3, 0.4) is 0 Å². The first kappa shape index (κ1) is 12.9. The van der Waals surface area contributed by atoms with Gasteiger partial charge in [-0.3, -0.25) is 9.69 Å². The van der Waals surface area contributed by atoms with Gasteiger partial charge in [0, 0.05) is 24.7 Å². The van der Waals surface area contributed by atoms with E-state index in [1.165, 1.54) is 0 Å². The molecule has 2 rings (SSSR count). The topological polar surface area (TPSA) is 49.8 Å². The lowest BCUT2D eigenvalue weighted by Gasteiger charge is -2.41. The lowest BCUT2D eigenvalue weighted by molar-refractivity contribution is -0.148. The van der Waals surface area contributed by atoms with E-state index in [4.69, 9.17) is 9.84 Å². The fourth-order valence-corrected chi connectivity index (χ4v) is 2.29. The van der Waals surface area contributed by atoms with Crippen molar-refractivity contribution >= 4 is 5.97 Å². The van der Waals surface area contributed by atoms with Crippen LogP contribution in [0.2, 0.25) is 0 Å². The van der Waals surface area contributed by atoms with E-state index < -0.39 is 5.97 Å². The largest absolute Gasteiger partial charge is 0.494 e. The molecule has 1 fully saturated rings. The molecule has 0 radical (unpaired) electrons. The third-order valence-electron chi connectivity index (χ3n) is 3.48. The van der Waals surface area contributed by atoms with Crippen molar-refractivity contribution in [3.63, 3.8) is 0 Å². The summed E-state index contributed by atoms with van der Waals surface area (Å²) in [5.74, 6) is -0.0190. The Morgan fingerprint density at radius 2 is 2.17 bits per heavy atom. The highest BCUT2D eigenvalue weighted by Crippen LogP contribution is 2.33. The second-order valence-corrected chi connectivity index (χ2v) is 4.64. The Hall–Kier alpha value is -1.55. The van der Waals surface area contributed by atoms with E-state index in [2.05, 4.69) is 11.8 Å². The van der Waals surface area contributed by atoms with Crippen LogP contribution < -0.4 is 4.74 Å². The summed E-state index contributed by atoms with van der Waals surface area (Å²) >= 11 is 0. The van der Waals surface area contributed by atoms with Gasteiger partial charge in [0.1, 0.15) is 5.75 Å². The molecule has 1 aromatic carbocycles. The highest BCUT2D eigenvalue weighted by Gasteiger charge is 2.36. The molecule has 1 aliphatic rings. The molecule has 1 heterocycles. The van der Waals surface area contributed by atoms with E-state index in [0.717, 1.165) is 11.3 Å². The van der Waals surface area contributed by atoms with Crippen molar-refractivity contribution in [3.8, 4) is 5.75 Å². The Labute approximate surface area is 107 Å². The van der Waals surface area contributed by atoms with Crippen LogP contribution in [-0.4, -0.2) is 35.7 Å². The van der Waals surface area contributed by atoms with E-state index >= 15 is 0 Å². The molecule has 0 saturated carbocycles. The van der Waals surface area contributed by atoms with Crippen LogP contribution >= 0.6 is 0 Å². The second-order valence-electron chi connectivity index (χ2n) is 4.64. The van der Waals surface area contributed by atoms with Crippen molar-refractivity contribution in [3.05, 3.63) is 29.8 Å². The van der Waals surface area contributed by atoms with Gasteiger partial charge < -0.3 is 9.84 Å². The highest BCUT2D eigenvalue weighted by atomic mass is 16.5. The number of benzene rings is 1. The second kappa shape index (κ2) is 5.40. The molecule has 0 amide bonds. The molecule has 1 unspecified atom stereocenters. The summed E-state index contributed by atoms with van der Waals surface area (Å²) in [6.45, 7) is 5.94. The van der Waals surface area contributed by atoms with Crippen LogP contribution in [0.15, 0.2) is 24.3 Å². The average Bonchev–Trinajstić information content (AvgIpc) is 2.27. The van der Waals surface area contributed by atoms with E-state index in [1.54, 1.807) is 0 Å². The summed E-state index contributed by atoms with van der Waals surface area (Å²) in [4.78, 5) is 13.0. The Bertz CT molecular complexity index is 427. The van der Waals surface area contributed by atoms with Gasteiger partial charge in [-0.15, -0.1) is 0 Å². The van der Waals surface area contributed by atoms with Crippen molar-refractivity contribution in [2.24, 2.45) is 5.92 Å². The maximum absolute atomic E-state index is 10.8.